The first-order valence-electron chi connectivity index (χ1n) is 9.65. The van der Waals surface area contributed by atoms with Gasteiger partial charge in [-0.25, -0.2) is 4.68 Å². The molecule has 2 atom stereocenters. The van der Waals surface area contributed by atoms with Crippen molar-refractivity contribution in [3.05, 3.63) is 76.6 Å². The molecule has 31 heavy (non-hydrogen) atoms. The van der Waals surface area contributed by atoms with Gasteiger partial charge in [0.25, 0.3) is 5.91 Å². The van der Waals surface area contributed by atoms with Crippen molar-refractivity contribution in [1.82, 2.24) is 9.78 Å². The summed E-state index contributed by atoms with van der Waals surface area (Å²) in [5, 5.41) is 13.5. The first kappa shape index (κ1) is 19.6. The lowest BCUT2D eigenvalue weighted by Gasteiger charge is -2.32. The molecule has 5 rings (SSSR count). The summed E-state index contributed by atoms with van der Waals surface area (Å²) in [6, 6.07) is 15.7. The Kier molecular flexibility index (Phi) is 4.70. The lowest BCUT2D eigenvalue weighted by atomic mass is 10.0. The van der Waals surface area contributed by atoms with Crippen LogP contribution in [0.15, 0.2) is 66.0 Å². The molecule has 0 saturated heterocycles. The van der Waals surface area contributed by atoms with Gasteiger partial charge in [0.2, 0.25) is 0 Å². The SMILES string of the molecule is O=C(Nc1cccc2ccccc12)c1cc2n(n1)[C@H](C(F)(F)F)C[C@@H](c1cccs1)N2. The number of amides is 1. The number of halogens is 3. The number of carbonyl (C=O) groups excluding carboxylic acids is 1. The van der Waals surface area contributed by atoms with E-state index in [1.54, 1.807) is 18.2 Å². The van der Waals surface area contributed by atoms with Gasteiger partial charge in [-0.3, -0.25) is 4.79 Å². The fourth-order valence-electron chi connectivity index (χ4n) is 3.88. The van der Waals surface area contributed by atoms with Crippen LogP contribution in [0.25, 0.3) is 10.8 Å². The van der Waals surface area contributed by atoms with Crippen LogP contribution in [0.4, 0.5) is 24.7 Å². The van der Waals surface area contributed by atoms with Gasteiger partial charge in [0.1, 0.15) is 5.82 Å². The Hall–Kier alpha value is -3.33. The monoisotopic (exact) mass is 442 g/mol. The minimum atomic E-state index is -4.48. The predicted molar refractivity (Wildman–Crippen MR) is 115 cm³/mol. The molecule has 9 heteroatoms. The number of fused-ring (bicyclic) bond motifs is 2. The summed E-state index contributed by atoms with van der Waals surface area (Å²) in [5.41, 5.74) is 0.502. The highest BCUT2D eigenvalue weighted by Crippen LogP contribution is 2.44. The maximum absolute atomic E-state index is 13.8. The van der Waals surface area contributed by atoms with Crippen molar-refractivity contribution >= 4 is 39.5 Å². The van der Waals surface area contributed by atoms with Crippen molar-refractivity contribution in [2.24, 2.45) is 0 Å². The Morgan fingerprint density at radius 3 is 2.71 bits per heavy atom. The smallest absolute Gasteiger partial charge is 0.363 e. The summed E-state index contributed by atoms with van der Waals surface area (Å²) < 4.78 is 42.2. The highest BCUT2D eigenvalue weighted by atomic mass is 32.1. The van der Waals surface area contributed by atoms with Crippen molar-refractivity contribution in [2.75, 3.05) is 10.6 Å². The van der Waals surface area contributed by atoms with Crippen LogP contribution >= 0.6 is 11.3 Å². The predicted octanol–water partition coefficient (Wildman–Crippen LogP) is 6.01. The third kappa shape index (κ3) is 3.65. The van der Waals surface area contributed by atoms with E-state index >= 15 is 0 Å². The van der Waals surface area contributed by atoms with E-state index in [4.69, 9.17) is 0 Å². The van der Waals surface area contributed by atoms with Crippen LogP contribution in [0.1, 0.15) is 33.9 Å². The number of alkyl halides is 3. The summed E-state index contributed by atoms with van der Waals surface area (Å²) in [6.07, 6.45) is -4.68. The van der Waals surface area contributed by atoms with Crippen molar-refractivity contribution in [2.45, 2.75) is 24.7 Å². The summed E-state index contributed by atoms with van der Waals surface area (Å²) in [7, 11) is 0. The van der Waals surface area contributed by atoms with Crippen molar-refractivity contribution in [3.8, 4) is 0 Å². The van der Waals surface area contributed by atoms with Gasteiger partial charge in [0.15, 0.2) is 11.7 Å². The number of hydrogen-bond donors (Lipinski definition) is 2. The second kappa shape index (κ2) is 7.42. The average Bonchev–Trinajstić information content (AvgIpc) is 3.42. The van der Waals surface area contributed by atoms with Crippen LogP contribution in [-0.4, -0.2) is 21.9 Å². The minimum absolute atomic E-state index is 0.0727. The van der Waals surface area contributed by atoms with E-state index in [1.165, 1.54) is 17.4 Å². The summed E-state index contributed by atoms with van der Waals surface area (Å²) in [6.45, 7) is 0. The summed E-state index contributed by atoms with van der Waals surface area (Å²) >= 11 is 1.39. The number of nitrogens with one attached hydrogen (secondary N) is 2. The normalized spacial score (nSPS) is 18.4. The van der Waals surface area contributed by atoms with E-state index in [0.29, 0.717) is 5.69 Å². The first-order valence-corrected chi connectivity index (χ1v) is 10.5. The van der Waals surface area contributed by atoms with Gasteiger partial charge >= 0.3 is 6.18 Å². The number of benzene rings is 2. The molecule has 0 radical (unpaired) electrons. The molecule has 1 aliphatic heterocycles. The molecule has 4 aromatic rings. The van der Waals surface area contributed by atoms with Crippen LogP contribution in [0, 0.1) is 0 Å². The lowest BCUT2D eigenvalue weighted by Crippen LogP contribution is -2.35. The molecule has 1 aliphatic rings. The Balaban J connectivity index is 1.47. The van der Waals surface area contributed by atoms with Crippen LogP contribution in [-0.2, 0) is 0 Å². The van der Waals surface area contributed by atoms with Gasteiger partial charge in [-0.1, -0.05) is 42.5 Å². The number of thiophene rings is 1. The molecule has 0 bridgehead atoms. The maximum atomic E-state index is 13.8. The standard InChI is InChI=1S/C22H17F3N4OS/c23-22(24,25)19-11-16(18-9-4-10-31-18)26-20-12-17(28-29(19)20)21(30)27-15-8-3-6-13-5-1-2-7-14(13)15/h1-10,12,16,19,26H,11H2,(H,27,30)/t16-,19-/m0/s1. The molecular weight excluding hydrogens is 425 g/mol. The zero-order chi connectivity index (χ0) is 21.6. The van der Waals surface area contributed by atoms with Gasteiger partial charge < -0.3 is 10.6 Å². The molecule has 0 unspecified atom stereocenters. The van der Waals surface area contributed by atoms with Gasteiger partial charge in [0, 0.05) is 28.4 Å². The van der Waals surface area contributed by atoms with Gasteiger partial charge in [-0.05, 0) is 22.9 Å². The number of rotatable bonds is 3. The topological polar surface area (TPSA) is 59.0 Å². The highest BCUT2D eigenvalue weighted by molar-refractivity contribution is 7.10. The maximum Gasteiger partial charge on any atom is 0.410 e. The van der Waals surface area contributed by atoms with Crippen LogP contribution < -0.4 is 10.6 Å². The van der Waals surface area contributed by atoms with Gasteiger partial charge in [-0.15, -0.1) is 11.3 Å². The second-order valence-corrected chi connectivity index (χ2v) is 8.32. The quantitative estimate of drug-likeness (QED) is 0.409. The van der Waals surface area contributed by atoms with Crippen LogP contribution in [0.3, 0.4) is 0 Å². The highest BCUT2D eigenvalue weighted by Gasteiger charge is 2.47. The van der Waals surface area contributed by atoms with E-state index in [2.05, 4.69) is 15.7 Å². The number of hydrogen-bond acceptors (Lipinski definition) is 4. The van der Waals surface area contributed by atoms with E-state index in [9.17, 15) is 18.0 Å². The molecule has 1 amide bonds. The first-order chi connectivity index (χ1) is 14.9. The van der Waals surface area contributed by atoms with Gasteiger partial charge in [0.05, 0.1) is 6.04 Å². The number of nitrogens with zero attached hydrogens (tertiary/aromatic N) is 2. The Bertz CT molecular complexity index is 1240. The van der Waals surface area contributed by atoms with E-state index in [0.717, 1.165) is 20.3 Å². The lowest BCUT2D eigenvalue weighted by molar-refractivity contribution is -0.173. The summed E-state index contributed by atoms with van der Waals surface area (Å²) in [5.74, 6) is -0.385. The number of anilines is 2. The fourth-order valence-corrected chi connectivity index (χ4v) is 4.67. The molecule has 2 aromatic heterocycles. The third-order valence-electron chi connectivity index (χ3n) is 5.35. The van der Waals surface area contributed by atoms with Crippen LogP contribution in [0.2, 0.25) is 0 Å². The summed E-state index contributed by atoms with van der Waals surface area (Å²) in [4.78, 5) is 13.7. The molecule has 0 fully saturated rings. The zero-order valence-corrected chi connectivity index (χ0v) is 16.9. The fraction of sp³-hybridized carbons (Fsp3) is 0.182. The van der Waals surface area contributed by atoms with E-state index in [-0.39, 0.29) is 17.9 Å². The molecule has 3 heterocycles. The largest absolute Gasteiger partial charge is 0.410 e. The Morgan fingerprint density at radius 2 is 1.94 bits per heavy atom. The molecule has 5 nitrogen and oxygen atoms in total. The molecule has 0 saturated carbocycles. The van der Waals surface area contributed by atoms with Crippen molar-refractivity contribution in [3.63, 3.8) is 0 Å². The third-order valence-corrected chi connectivity index (χ3v) is 6.33. The van der Waals surface area contributed by atoms with E-state index in [1.807, 2.05) is 41.8 Å². The Morgan fingerprint density at radius 1 is 1.13 bits per heavy atom. The molecule has 158 valence electrons. The minimum Gasteiger partial charge on any atom is -0.363 e. The molecule has 0 aliphatic carbocycles. The average molecular weight is 442 g/mol. The number of carbonyl (C=O) groups is 1. The second-order valence-electron chi connectivity index (χ2n) is 7.35. The van der Waals surface area contributed by atoms with Crippen molar-refractivity contribution in [1.29, 1.82) is 0 Å². The van der Waals surface area contributed by atoms with Crippen LogP contribution in [0.5, 0.6) is 0 Å². The Labute approximate surface area is 179 Å². The molecule has 2 aromatic carbocycles. The molecular formula is C22H17F3N4OS. The molecule has 2 N–H and O–H groups in total. The van der Waals surface area contributed by atoms with E-state index < -0.39 is 24.2 Å². The van der Waals surface area contributed by atoms with Crippen molar-refractivity contribution < 1.29 is 18.0 Å². The van der Waals surface area contributed by atoms with Gasteiger partial charge in [-0.2, -0.15) is 18.3 Å². The number of aromatic nitrogens is 2. The molecule has 0 spiro atoms. The zero-order valence-electron chi connectivity index (χ0n) is 16.1.